The van der Waals surface area contributed by atoms with Gasteiger partial charge in [0.25, 0.3) is 0 Å². The highest BCUT2D eigenvalue weighted by Crippen LogP contribution is 2.30. The Kier molecular flexibility index (Phi) is 5.03. The van der Waals surface area contributed by atoms with Gasteiger partial charge in [0.15, 0.2) is 21.3 Å². The van der Waals surface area contributed by atoms with E-state index < -0.39 is 9.84 Å². The average molecular weight is 321 g/mol. The number of pyridine rings is 1. The molecule has 0 N–H and O–H groups in total. The molecule has 0 amide bonds. The number of aryl methyl sites for hydroxylation is 1. The predicted octanol–water partition coefficient (Wildman–Crippen LogP) is 2.52. The van der Waals surface area contributed by atoms with Gasteiger partial charge in [-0.1, -0.05) is 24.3 Å². The van der Waals surface area contributed by atoms with Gasteiger partial charge in [-0.05, 0) is 18.1 Å². The summed E-state index contributed by atoms with van der Waals surface area (Å²) in [6, 6.07) is 9.08. The monoisotopic (exact) mass is 321 g/mol. The lowest BCUT2D eigenvalue weighted by Gasteiger charge is -2.12. The summed E-state index contributed by atoms with van der Waals surface area (Å²) in [5.41, 5.74) is 2.11. The van der Waals surface area contributed by atoms with Crippen LogP contribution in [0.2, 0.25) is 0 Å². The number of ether oxygens (including phenoxy) is 2. The van der Waals surface area contributed by atoms with E-state index in [1.165, 1.54) is 20.4 Å². The topological polar surface area (TPSA) is 65.5 Å². The van der Waals surface area contributed by atoms with Crippen molar-refractivity contribution in [2.75, 3.05) is 14.2 Å². The number of sulfone groups is 1. The summed E-state index contributed by atoms with van der Waals surface area (Å²) in [7, 11) is -0.393. The van der Waals surface area contributed by atoms with Crippen LogP contribution in [0.3, 0.4) is 0 Å². The number of nitrogens with zero attached hydrogens (tertiary/aromatic N) is 1. The summed E-state index contributed by atoms with van der Waals surface area (Å²) in [4.78, 5) is 4.12. The van der Waals surface area contributed by atoms with Crippen molar-refractivity contribution in [3.63, 3.8) is 0 Å². The molecule has 0 saturated heterocycles. The Morgan fingerprint density at radius 2 is 1.77 bits per heavy atom. The SMILES string of the molecule is COc1ccnc(CS(=O)(=O)Cc2ccccc2C)c1OC. The van der Waals surface area contributed by atoms with Gasteiger partial charge in [-0.25, -0.2) is 8.42 Å². The highest BCUT2D eigenvalue weighted by molar-refractivity contribution is 7.89. The quantitative estimate of drug-likeness (QED) is 0.818. The maximum atomic E-state index is 12.5. The van der Waals surface area contributed by atoms with E-state index in [1.54, 1.807) is 6.07 Å². The highest BCUT2D eigenvalue weighted by Gasteiger charge is 2.20. The minimum Gasteiger partial charge on any atom is -0.493 e. The second-order valence-corrected chi connectivity index (χ2v) is 7.02. The van der Waals surface area contributed by atoms with E-state index in [4.69, 9.17) is 9.47 Å². The zero-order chi connectivity index (χ0) is 16.2. The van der Waals surface area contributed by atoms with Crippen molar-refractivity contribution in [2.24, 2.45) is 0 Å². The largest absolute Gasteiger partial charge is 0.493 e. The Bertz CT molecular complexity index is 756. The van der Waals surface area contributed by atoms with Crippen molar-refractivity contribution in [3.05, 3.63) is 53.3 Å². The molecular weight excluding hydrogens is 302 g/mol. The normalized spacial score (nSPS) is 11.2. The van der Waals surface area contributed by atoms with Gasteiger partial charge in [0, 0.05) is 12.3 Å². The van der Waals surface area contributed by atoms with Gasteiger partial charge in [0.2, 0.25) is 0 Å². The molecule has 5 nitrogen and oxygen atoms in total. The van der Waals surface area contributed by atoms with Gasteiger partial charge in [-0.2, -0.15) is 0 Å². The zero-order valence-electron chi connectivity index (χ0n) is 12.9. The highest BCUT2D eigenvalue weighted by atomic mass is 32.2. The Hall–Kier alpha value is -2.08. The molecule has 1 aromatic heterocycles. The van der Waals surface area contributed by atoms with Crippen LogP contribution in [0, 0.1) is 6.92 Å². The Labute approximate surface area is 130 Å². The number of hydrogen-bond donors (Lipinski definition) is 0. The summed E-state index contributed by atoms with van der Waals surface area (Å²) in [5, 5.41) is 0. The Balaban J connectivity index is 2.28. The summed E-state index contributed by atoms with van der Waals surface area (Å²) in [6.07, 6.45) is 1.51. The number of aromatic nitrogens is 1. The molecule has 0 saturated carbocycles. The van der Waals surface area contributed by atoms with Crippen molar-refractivity contribution in [3.8, 4) is 11.5 Å². The third-order valence-corrected chi connectivity index (χ3v) is 4.82. The van der Waals surface area contributed by atoms with Gasteiger partial charge in [-0.3, -0.25) is 4.98 Å². The second-order valence-electron chi connectivity index (χ2n) is 4.95. The van der Waals surface area contributed by atoms with Gasteiger partial charge < -0.3 is 9.47 Å². The van der Waals surface area contributed by atoms with Crippen molar-refractivity contribution in [1.29, 1.82) is 0 Å². The number of hydrogen-bond acceptors (Lipinski definition) is 5. The molecule has 1 heterocycles. The molecule has 0 aliphatic heterocycles. The maximum Gasteiger partial charge on any atom is 0.183 e. The second kappa shape index (κ2) is 6.79. The maximum absolute atomic E-state index is 12.5. The molecule has 0 radical (unpaired) electrons. The Morgan fingerprint density at radius 3 is 2.41 bits per heavy atom. The molecule has 118 valence electrons. The molecular formula is C16H19NO4S. The van der Waals surface area contributed by atoms with Crippen LogP contribution in [0.15, 0.2) is 36.5 Å². The molecule has 1 aromatic carbocycles. The van der Waals surface area contributed by atoms with E-state index >= 15 is 0 Å². The van der Waals surface area contributed by atoms with E-state index in [1.807, 2.05) is 31.2 Å². The van der Waals surface area contributed by atoms with E-state index in [0.29, 0.717) is 17.2 Å². The molecule has 0 bridgehead atoms. The zero-order valence-corrected chi connectivity index (χ0v) is 13.7. The fourth-order valence-electron chi connectivity index (χ4n) is 2.22. The van der Waals surface area contributed by atoms with Crippen LogP contribution in [-0.4, -0.2) is 27.6 Å². The Morgan fingerprint density at radius 1 is 1.05 bits per heavy atom. The van der Waals surface area contributed by atoms with E-state index in [0.717, 1.165) is 11.1 Å². The number of methoxy groups -OCH3 is 2. The van der Waals surface area contributed by atoms with Gasteiger partial charge >= 0.3 is 0 Å². The van der Waals surface area contributed by atoms with Crippen molar-refractivity contribution in [1.82, 2.24) is 4.98 Å². The molecule has 2 rings (SSSR count). The van der Waals surface area contributed by atoms with E-state index in [2.05, 4.69) is 4.98 Å². The standard InChI is InChI=1S/C16H19NO4S/c1-12-6-4-5-7-13(12)10-22(18,19)11-14-16(21-3)15(20-2)8-9-17-14/h4-9H,10-11H2,1-3H3. The van der Waals surface area contributed by atoms with Crippen LogP contribution < -0.4 is 9.47 Å². The molecule has 2 aromatic rings. The fourth-order valence-corrected chi connectivity index (χ4v) is 3.74. The average Bonchev–Trinajstić information content (AvgIpc) is 2.48. The molecule has 6 heteroatoms. The van der Waals surface area contributed by atoms with Gasteiger partial charge in [-0.15, -0.1) is 0 Å². The van der Waals surface area contributed by atoms with Crippen molar-refractivity contribution >= 4 is 9.84 Å². The molecule has 0 atom stereocenters. The summed E-state index contributed by atoms with van der Waals surface area (Å²) in [6.45, 7) is 1.90. The van der Waals surface area contributed by atoms with Crippen LogP contribution >= 0.6 is 0 Å². The first kappa shape index (κ1) is 16.3. The fraction of sp³-hybridized carbons (Fsp3) is 0.312. The lowest BCUT2D eigenvalue weighted by atomic mass is 10.1. The lowest BCUT2D eigenvalue weighted by molar-refractivity contribution is 0.350. The third kappa shape index (κ3) is 3.76. The first-order chi connectivity index (χ1) is 10.5. The third-order valence-electron chi connectivity index (χ3n) is 3.36. The lowest BCUT2D eigenvalue weighted by Crippen LogP contribution is -2.11. The minimum absolute atomic E-state index is 0.0261. The van der Waals surface area contributed by atoms with E-state index in [9.17, 15) is 8.42 Å². The first-order valence-electron chi connectivity index (χ1n) is 6.77. The van der Waals surface area contributed by atoms with Gasteiger partial charge in [0.1, 0.15) is 5.69 Å². The molecule has 0 fully saturated rings. The summed E-state index contributed by atoms with van der Waals surface area (Å²) < 4.78 is 35.3. The minimum atomic E-state index is -3.37. The van der Waals surface area contributed by atoms with Gasteiger partial charge in [0.05, 0.1) is 25.7 Å². The number of benzene rings is 1. The first-order valence-corrected chi connectivity index (χ1v) is 8.60. The van der Waals surface area contributed by atoms with E-state index in [-0.39, 0.29) is 11.5 Å². The van der Waals surface area contributed by atoms with Crippen LogP contribution in [0.4, 0.5) is 0 Å². The molecule has 0 unspecified atom stereocenters. The molecule has 22 heavy (non-hydrogen) atoms. The van der Waals surface area contributed by atoms with Crippen LogP contribution in [0.25, 0.3) is 0 Å². The number of rotatable bonds is 6. The summed E-state index contributed by atoms with van der Waals surface area (Å²) >= 11 is 0. The van der Waals surface area contributed by atoms with Crippen molar-refractivity contribution in [2.45, 2.75) is 18.4 Å². The van der Waals surface area contributed by atoms with Crippen LogP contribution in [-0.2, 0) is 21.3 Å². The van der Waals surface area contributed by atoms with Crippen molar-refractivity contribution < 1.29 is 17.9 Å². The molecule has 0 aliphatic rings. The molecule has 0 aliphatic carbocycles. The van der Waals surface area contributed by atoms with Crippen LogP contribution in [0.1, 0.15) is 16.8 Å². The molecule has 0 spiro atoms. The van der Waals surface area contributed by atoms with Crippen LogP contribution in [0.5, 0.6) is 11.5 Å². The summed E-state index contributed by atoms with van der Waals surface area (Å²) in [5.74, 6) is 0.612. The predicted molar refractivity (Wildman–Crippen MR) is 84.8 cm³/mol. The smallest absolute Gasteiger partial charge is 0.183 e.